The molecular formula is C12H12N4O4. The molecule has 0 spiro atoms. The Hall–Kier alpha value is -2.90. The smallest absolute Gasteiger partial charge is 0.335 e. The lowest BCUT2D eigenvalue weighted by Crippen LogP contribution is -2.28. The van der Waals surface area contributed by atoms with Crippen LogP contribution >= 0.6 is 0 Å². The van der Waals surface area contributed by atoms with Crippen molar-refractivity contribution < 1.29 is 19.2 Å². The summed E-state index contributed by atoms with van der Waals surface area (Å²) in [6.07, 6.45) is 0. The van der Waals surface area contributed by atoms with E-state index in [1.807, 2.05) is 0 Å². The van der Waals surface area contributed by atoms with Gasteiger partial charge in [0.1, 0.15) is 0 Å². The van der Waals surface area contributed by atoms with Gasteiger partial charge in [0, 0.05) is 12.6 Å². The monoisotopic (exact) mass is 276 g/mol. The molecule has 0 aliphatic carbocycles. The highest BCUT2D eigenvalue weighted by molar-refractivity contribution is 5.93. The predicted octanol–water partition coefficient (Wildman–Crippen LogP) is 1.40. The summed E-state index contributed by atoms with van der Waals surface area (Å²) >= 11 is 0. The van der Waals surface area contributed by atoms with Gasteiger partial charge in [-0.2, -0.15) is 4.98 Å². The minimum Gasteiger partial charge on any atom is -0.478 e. The lowest BCUT2D eigenvalue weighted by molar-refractivity contribution is 0.0697. The Morgan fingerprint density at radius 1 is 1.40 bits per heavy atom. The second kappa shape index (κ2) is 5.83. The van der Waals surface area contributed by atoms with Gasteiger partial charge in [-0.1, -0.05) is 11.2 Å². The number of hydrogen-bond acceptors (Lipinski definition) is 5. The zero-order valence-corrected chi connectivity index (χ0v) is 10.6. The molecule has 0 aliphatic rings. The van der Waals surface area contributed by atoms with Gasteiger partial charge in [-0.15, -0.1) is 0 Å². The lowest BCUT2D eigenvalue weighted by Gasteiger charge is -2.06. The molecule has 0 fully saturated rings. The van der Waals surface area contributed by atoms with Gasteiger partial charge in [0.2, 0.25) is 5.89 Å². The van der Waals surface area contributed by atoms with E-state index in [2.05, 4.69) is 20.8 Å². The summed E-state index contributed by atoms with van der Waals surface area (Å²) in [5.74, 6) is -0.287. The molecule has 0 saturated heterocycles. The van der Waals surface area contributed by atoms with Crippen LogP contribution in [-0.4, -0.2) is 27.2 Å². The number of urea groups is 1. The van der Waals surface area contributed by atoms with Crippen LogP contribution in [0.3, 0.4) is 0 Å². The Bertz CT molecular complexity index is 638. The maximum absolute atomic E-state index is 11.6. The number of aryl methyl sites for hydroxylation is 1. The number of carboxylic acids is 1. The minimum absolute atomic E-state index is 0.0941. The Morgan fingerprint density at radius 3 is 2.85 bits per heavy atom. The van der Waals surface area contributed by atoms with Gasteiger partial charge in [-0.3, -0.25) is 0 Å². The number of rotatable bonds is 4. The molecule has 0 atom stereocenters. The van der Waals surface area contributed by atoms with Crippen molar-refractivity contribution in [2.75, 3.05) is 5.32 Å². The Morgan fingerprint density at radius 2 is 2.20 bits per heavy atom. The van der Waals surface area contributed by atoms with Gasteiger partial charge in [0.15, 0.2) is 5.82 Å². The van der Waals surface area contributed by atoms with Crippen LogP contribution in [0, 0.1) is 6.92 Å². The van der Waals surface area contributed by atoms with Crippen LogP contribution in [0.4, 0.5) is 10.5 Å². The molecule has 1 aromatic carbocycles. The summed E-state index contributed by atoms with van der Waals surface area (Å²) in [5.41, 5.74) is 0.475. The maximum atomic E-state index is 11.6. The van der Waals surface area contributed by atoms with Crippen LogP contribution < -0.4 is 10.6 Å². The van der Waals surface area contributed by atoms with E-state index in [0.717, 1.165) is 0 Å². The third-order valence-corrected chi connectivity index (χ3v) is 2.34. The molecule has 1 heterocycles. The highest BCUT2D eigenvalue weighted by Crippen LogP contribution is 2.10. The molecule has 104 valence electrons. The Kier molecular flexibility index (Phi) is 3.94. The van der Waals surface area contributed by atoms with E-state index in [-0.39, 0.29) is 12.1 Å². The molecule has 2 rings (SSSR count). The highest BCUT2D eigenvalue weighted by atomic mass is 16.5. The number of carbonyl (C=O) groups excluding carboxylic acids is 1. The number of nitrogens with zero attached hydrogens (tertiary/aromatic N) is 2. The van der Waals surface area contributed by atoms with Crippen molar-refractivity contribution in [3.63, 3.8) is 0 Å². The van der Waals surface area contributed by atoms with Crippen molar-refractivity contribution in [1.82, 2.24) is 15.5 Å². The molecule has 20 heavy (non-hydrogen) atoms. The molecule has 0 unspecified atom stereocenters. The van der Waals surface area contributed by atoms with Crippen LogP contribution in [0.15, 0.2) is 28.8 Å². The normalized spacial score (nSPS) is 10.1. The summed E-state index contributed by atoms with van der Waals surface area (Å²) in [6.45, 7) is 1.76. The summed E-state index contributed by atoms with van der Waals surface area (Å²) in [4.78, 5) is 26.3. The van der Waals surface area contributed by atoms with Gasteiger partial charge in [0.25, 0.3) is 0 Å². The highest BCUT2D eigenvalue weighted by Gasteiger charge is 2.07. The number of nitrogens with one attached hydrogen (secondary N) is 2. The summed E-state index contributed by atoms with van der Waals surface area (Å²) in [6, 6.07) is 5.44. The van der Waals surface area contributed by atoms with E-state index in [1.54, 1.807) is 19.1 Å². The number of aromatic carboxylic acids is 1. The van der Waals surface area contributed by atoms with Crippen LogP contribution in [0.25, 0.3) is 0 Å². The zero-order valence-electron chi connectivity index (χ0n) is 10.6. The fourth-order valence-electron chi connectivity index (χ4n) is 1.48. The quantitative estimate of drug-likeness (QED) is 0.776. The molecule has 0 radical (unpaired) electrons. The van der Waals surface area contributed by atoms with Gasteiger partial charge in [-0.05, 0) is 18.2 Å². The third kappa shape index (κ3) is 3.55. The van der Waals surface area contributed by atoms with E-state index < -0.39 is 12.0 Å². The topological polar surface area (TPSA) is 117 Å². The molecule has 0 bridgehead atoms. The first-order valence-corrected chi connectivity index (χ1v) is 5.72. The first-order chi connectivity index (χ1) is 9.54. The van der Waals surface area contributed by atoms with Crippen molar-refractivity contribution in [2.24, 2.45) is 0 Å². The molecular weight excluding hydrogens is 264 g/mol. The number of carboxylic acid groups (broad SMARTS) is 1. The summed E-state index contributed by atoms with van der Waals surface area (Å²) < 4.78 is 4.76. The number of carbonyl (C=O) groups is 2. The number of amides is 2. The predicted molar refractivity (Wildman–Crippen MR) is 68.3 cm³/mol. The first kappa shape index (κ1) is 13.5. The van der Waals surface area contributed by atoms with E-state index in [9.17, 15) is 9.59 Å². The number of benzene rings is 1. The van der Waals surface area contributed by atoms with Gasteiger partial charge >= 0.3 is 12.0 Å². The largest absolute Gasteiger partial charge is 0.478 e. The molecule has 0 aliphatic heterocycles. The number of aromatic nitrogens is 2. The Balaban J connectivity index is 1.91. The van der Waals surface area contributed by atoms with Crippen LogP contribution in [-0.2, 0) is 6.54 Å². The minimum atomic E-state index is -1.06. The fourth-order valence-corrected chi connectivity index (χ4v) is 1.48. The number of anilines is 1. The average molecular weight is 276 g/mol. The second-order valence-electron chi connectivity index (χ2n) is 3.92. The van der Waals surface area contributed by atoms with Crippen molar-refractivity contribution in [1.29, 1.82) is 0 Å². The van der Waals surface area contributed by atoms with Crippen molar-refractivity contribution in [2.45, 2.75) is 13.5 Å². The van der Waals surface area contributed by atoms with E-state index >= 15 is 0 Å². The van der Waals surface area contributed by atoms with E-state index in [4.69, 9.17) is 9.63 Å². The SMILES string of the molecule is Cc1nc(CNC(=O)Nc2cccc(C(=O)O)c2)no1. The van der Waals surface area contributed by atoms with Crippen molar-refractivity contribution in [3.05, 3.63) is 41.5 Å². The summed E-state index contributed by atoms with van der Waals surface area (Å²) in [7, 11) is 0. The second-order valence-corrected chi connectivity index (χ2v) is 3.92. The lowest BCUT2D eigenvalue weighted by atomic mass is 10.2. The Labute approximate surface area is 113 Å². The van der Waals surface area contributed by atoms with E-state index in [1.165, 1.54) is 12.1 Å². The first-order valence-electron chi connectivity index (χ1n) is 5.72. The van der Waals surface area contributed by atoms with Gasteiger partial charge in [-0.25, -0.2) is 9.59 Å². The van der Waals surface area contributed by atoms with Crippen LogP contribution in [0.5, 0.6) is 0 Å². The number of hydrogen-bond donors (Lipinski definition) is 3. The molecule has 0 saturated carbocycles. The molecule has 1 aromatic heterocycles. The molecule has 8 heteroatoms. The van der Waals surface area contributed by atoms with Gasteiger partial charge in [0.05, 0.1) is 12.1 Å². The molecule has 8 nitrogen and oxygen atoms in total. The van der Waals surface area contributed by atoms with Gasteiger partial charge < -0.3 is 20.3 Å². The van der Waals surface area contributed by atoms with Crippen LogP contribution in [0.2, 0.25) is 0 Å². The van der Waals surface area contributed by atoms with Crippen molar-refractivity contribution >= 4 is 17.7 Å². The third-order valence-electron chi connectivity index (χ3n) is 2.34. The fraction of sp³-hybridized carbons (Fsp3) is 0.167. The molecule has 2 aromatic rings. The molecule has 3 N–H and O–H groups in total. The zero-order chi connectivity index (χ0) is 14.5. The van der Waals surface area contributed by atoms with Crippen molar-refractivity contribution in [3.8, 4) is 0 Å². The van der Waals surface area contributed by atoms with Crippen LogP contribution in [0.1, 0.15) is 22.1 Å². The summed E-state index contributed by atoms with van der Waals surface area (Å²) in [5, 5.41) is 17.5. The van der Waals surface area contributed by atoms with E-state index in [0.29, 0.717) is 17.4 Å². The molecule has 2 amide bonds. The average Bonchev–Trinajstić information content (AvgIpc) is 2.82. The standard InChI is InChI=1S/C12H12N4O4/c1-7-14-10(16-20-7)6-13-12(19)15-9-4-2-3-8(5-9)11(17)18/h2-5H,6H2,1H3,(H,17,18)(H2,13,15,19). The maximum Gasteiger partial charge on any atom is 0.335 e.